The highest BCUT2D eigenvalue weighted by atomic mass is 16.3. The highest BCUT2D eigenvalue weighted by Crippen LogP contribution is 2.22. The van der Waals surface area contributed by atoms with Crippen molar-refractivity contribution in [3.8, 4) is 6.07 Å². The van der Waals surface area contributed by atoms with Gasteiger partial charge in [-0.05, 0) is 17.7 Å². The first-order valence-corrected chi connectivity index (χ1v) is 5.13. The minimum Gasteiger partial charge on any atom is -0.504 e. The van der Waals surface area contributed by atoms with Crippen molar-refractivity contribution in [3.05, 3.63) is 66.0 Å². The van der Waals surface area contributed by atoms with Crippen molar-refractivity contribution in [1.82, 2.24) is 4.98 Å². The van der Waals surface area contributed by atoms with Crippen LogP contribution in [-0.4, -0.2) is 10.1 Å². The molecule has 0 saturated heterocycles. The lowest BCUT2D eigenvalue weighted by Crippen LogP contribution is -1.92. The van der Waals surface area contributed by atoms with E-state index in [-0.39, 0.29) is 11.3 Å². The van der Waals surface area contributed by atoms with Gasteiger partial charge in [-0.2, -0.15) is 5.26 Å². The molecule has 0 aliphatic rings. The Morgan fingerprint density at radius 1 is 1.06 bits per heavy atom. The number of hydrogen-bond donors (Lipinski definition) is 1. The van der Waals surface area contributed by atoms with Crippen LogP contribution in [0.15, 0.2) is 54.7 Å². The number of nitriles is 1. The molecule has 0 unspecified atom stereocenters. The summed E-state index contributed by atoms with van der Waals surface area (Å²) < 4.78 is 0. The Bertz CT molecular complexity index is 568. The smallest absolute Gasteiger partial charge is 0.159 e. The van der Waals surface area contributed by atoms with Crippen LogP contribution in [0.25, 0.3) is 11.3 Å². The minimum absolute atomic E-state index is 0.0979. The van der Waals surface area contributed by atoms with E-state index < -0.39 is 0 Å². The Kier molecular flexibility index (Phi) is 3.18. The van der Waals surface area contributed by atoms with Gasteiger partial charge in [-0.25, -0.2) is 0 Å². The second-order valence-corrected chi connectivity index (χ2v) is 3.42. The Morgan fingerprint density at radius 3 is 2.35 bits per heavy atom. The van der Waals surface area contributed by atoms with E-state index in [2.05, 4.69) is 4.98 Å². The largest absolute Gasteiger partial charge is 0.504 e. The monoisotopic (exact) mass is 222 g/mol. The minimum atomic E-state index is -0.0979. The standard InChI is InChI=1S/C14H10N2O/c15-10-12(11-6-2-1-3-7-11)14(17)13-8-4-5-9-16-13/h1-9,17H. The summed E-state index contributed by atoms with van der Waals surface area (Å²) >= 11 is 0. The molecule has 17 heavy (non-hydrogen) atoms. The number of aliphatic hydroxyl groups excluding tert-OH is 1. The molecule has 2 aromatic rings. The highest BCUT2D eigenvalue weighted by molar-refractivity contribution is 5.93. The van der Waals surface area contributed by atoms with E-state index in [9.17, 15) is 5.11 Å². The molecule has 0 aliphatic carbocycles. The Labute approximate surface area is 99.3 Å². The SMILES string of the molecule is N#CC(=C(O)c1ccccn1)c1ccccc1. The molecule has 0 spiro atoms. The predicted octanol–water partition coefficient (Wildman–Crippen LogP) is 3.03. The number of benzene rings is 1. The number of allylic oxidation sites excluding steroid dienone is 1. The zero-order valence-electron chi connectivity index (χ0n) is 9.04. The van der Waals surface area contributed by atoms with Gasteiger partial charge in [-0.1, -0.05) is 36.4 Å². The topological polar surface area (TPSA) is 56.9 Å². The maximum absolute atomic E-state index is 10.0. The number of hydrogen-bond acceptors (Lipinski definition) is 3. The first-order chi connectivity index (χ1) is 8.33. The molecule has 3 heteroatoms. The van der Waals surface area contributed by atoms with Gasteiger partial charge in [0.05, 0.1) is 0 Å². The summed E-state index contributed by atoms with van der Waals surface area (Å²) in [4.78, 5) is 4.01. The van der Waals surface area contributed by atoms with Gasteiger partial charge in [0.1, 0.15) is 17.3 Å². The van der Waals surface area contributed by atoms with Crippen molar-refractivity contribution in [2.75, 3.05) is 0 Å². The van der Waals surface area contributed by atoms with Crippen LogP contribution < -0.4 is 0 Å². The number of aromatic nitrogens is 1. The van der Waals surface area contributed by atoms with Gasteiger partial charge in [0.15, 0.2) is 5.76 Å². The molecular weight excluding hydrogens is 212 g/mol. The van der Waals surface area contributed by atoms with Crippen LogP contribution in [-0.2, 0) is 0 Å². The van der Waals surface area contributed by atoms with Gasteiger partial charge in [0.2, 0.25) is 0 Å². The van der Waals surface area contributed by atoms with Gasteiger partial charge in [-0.3, -0.25) is 4.98 Å². The lowest BCUT2D eigenvalue weighted by Gasteiger charge is -2.03. The van der Waals surface area contributed by atoms with Crippen LogP contribution in [0.3, 0.4) is 0 Å². The average Bonchev–Trinajstić information content (AvgIpc) is 2.42. The summed E-state index contributed by atoms with van der Waals surface area (Å²) in [5, 5.41) is 19.1. The number of nitrogens with zero attached hydrogens (tertiary/aromatic N) is 2. The molecule has 0 radical (unpaired) electrons. The fourth-order valence-corrected chi connectivity index (χ4v) is 1.49. The van der Waals surface area contributed by atoms with E-state index in [0.717, 1.165) is 0 Å². The van der Waals surface area contributed by atoms with Crippen molar-refractivity contribution in [3.63, 3.8) is 0 Å². The number of aliphatic hydroxyl groups is 1. The maximum Gasteiger partial charge on any atom is 0.159 e. The third kappa shape index (κ3) is 2.32. The van der Waals surface area contributed by atoms with Crippen LogP contribution in [0.5, 0.6) is 0 Å². The van der Waals surface area contributed by atoms with Gasteiger partial charge in [-0.15, -0.1) is 0 Å². The van der Waals surface area contributed by atoms with Crippen LogP contribution in [0, 0.1) is 11.3 Å². The van der Waals surface area contributed by atoms with E-state index in [4.69, 9.17) is 5.26 Å². The maximum atomic E-state index is 10.0. The molecule has 0 atom stereocenters. The highest BCUT2D eigenvalue weighted by Gasteiger charge is 2.10. The van der Waals surface area contributed by atoms with E-state index in [0.29, 0.717) is 11.3 Å². The molecule has 1 N–H and O–H groups in total. The first kappa shape index (κ1) is 10.9. The Balaban J connectivity index is 2.53. The molecule has 82 valence electrons. The van der Waals surface area contributed by atoms with Crippen molar-refractivity contribution < 1.29 is 5.11 Å². The molecule has 0 saturated carbocycles. The predicted molar refractivity (Wildman–Crippen MR) is 65.7 cm³/mol. The average molecular weight is 222 g/mol. The summed E-state index contributed by atoms with van der Waals surface area (Å²) in [5.41, 5.74) is 1.30. The number of rotatable bonds is 2. The van der Waals surface area contributed by atoms with Gasteiger partial charge in [0.25, 0.3) is 0 Å². The van der Waals surface area contributed by atoms with Crippen molar-refractivity contribution >= 4 is 11.3 Å². The van der Waals surface area contributed by atoms with Crippen LogP contribution >= 0.6 is 0 Å². The number of pyridine rings is 1. The summed E-state index contributed by atoms with van der Waals surface area (Å²) in [6, 6.07) is 16.2. The summed E-state index contributed by atoms with van der Waals surface area (Å²) in [7, 11) is 0. The van der Waals surface area contributed by atoms with Crippen LogP contribution in [0.4, 0.5) is 0 Å². The molecule has 1 heterocycles. The van der Waals surface area contributed by atoms with Crippen molar-refractivity contribution in [2.45, 2.75) is 0 Å². The zero-order chi connectivity index (χ0) is 12.1. The Hall–Kier alpha value is -2.60. The fraction of sp³-hybridized carbons (Fsp3) is 0. The summed E-state index contributed by atoms with van der Waals surface area (Å²) in [6.45, 7) is 0. The van der Waals surface area contributed by atoms with Gasteiger partial charge < -0.3 is 5.11 Å². The van der Waals surface area contributed by atoms with Crippen molar-refractivity contribution in [2.24, 2.45) is 0 Å². The van der Waals surface area contributed by atoms with Crippen molar-refractivity contribution in [1.29, 1.82) is 5.26 Å². The quantitative estimate of drug-likeness (QED) is 0.627. The van der Waals surface area contributed by atoms with Crippen LogP contribution in [0.2, 0.25) is 0 Å². The first-order valence-electron chi connectivity index (χ1n) is 5.13. The lowest BCUT2D eigenvalue weighted by molar-refractivity contribution is 0.511. The molecule has 0 amide bonds. The zero-order valence-corrected chi connectivity index (χ0v) is 9.04. The second kappa shape index (κ2) is 4.95. The molecule has 1 aromatic carbocycles. The van der Waals surface area contributed by atoms with Gasteiger partial charge >= 0.3 is 0 Å². The van der Waals surface area contributed by atoms with Crippen LogP contribution in [0.1, 0.15) is 11.3 Å². The second-order valence-electron chi connectivity index (χ2n) is 3.42. The molecular formula is C14H10N2O. The molecule has 2 rings (SSSR count). The summed E-state index contributed by atoms with van der Waals surface area (Å²) in [5.74, 6) is -0.0979. The molecule has 0 bridgehead atoms. The van der Waals surface area contributed by atoms with E-state index >= 15 is 0 Å². The van der Waals surface area contributed by atoms with E-state index in [1.165, 1.54) is 0 Å². The molecule has 0 fully saturated rings. The van der Waals surface area contributed by atoms with Gasteiger partial charge in [0, 0.05) is 6.20 Å². The lowest BCUT2D eigenvalue weighted by atomic mass is 10.0. The molecule has 3 nitrogen and oxygen atoms in total. The van der Waals surface area contributed by atoms with E-state index in [1.807, 2.05) is 24.3 Å². The Morgan fingerprint density at radius 2 is 1.76 bits per heavy atom. The normalized spacial score (nSPS) is 11.5. The molecule has 1 aromatic heterocycles. The third-order valence-electron chi connectivity index (χ3n) is 2.32. The summed E-state index contributed by atoms with van der Waals surface area (Å²) in [6.07, 6.45) is 1.57. The molecule has 0 aliphatic heterocycles. The fourth-order valence-electron chi connectivity index (χ4n) is 1.49. The third-order valence-corrected chi connectivity index (χ3v) is 2.32. The van der Waals surface area contributed by atoms with E-state index in [1.54, 1.807) is 36.5 Å².